The first-order chi connectivity index (χ1) is 10.9. The van der Waals surface area contributed by atoms with Gasteiger partial charge in [-0.25, -0.2) is 19.0 Å². The van der Waals surface area contributed by atoms with E-state index in [1.807, 2.05) is 0 Å². The second-order valence-corrected chi connectivity index (χ2v) is 4.38. The third kappa shape index (κ3) is 2.43. The van der Waals surface area contributed by atoms with Gasteiger partial charge in [0, 0.05) is 5.76 Å². The van der Waals surface area contributed by atoms with Gasteiger partial charge in [-0.2, -0.15) is 9.38 Å². The molecule has 0 N–H and O–H groups in total. The van der Waals surface area contributed by atoms with E-state index >= 15 is 0 Å². The first-order valence-corrected chi connectivity index (χ1v) is 6.24. The van der Waals surface area contributed by atoms with Crippen molar-refractivity contribution < 1.29 is 38.3 Å². The Bertz CT molecular complexity index is 868. The molecular weight excluding hydrogens is 310 g/mol. The fraction of sp³-hybridized carbons (Fsp3) is 0.308. The van der Waals surface area contributed by atoms with Crippen LogP contribution in [0.25, 0.3) is 11.4 Å². The summed E-state index contributed by atoms with van der Waals surface area (Å²) in [4.78, 5) is 39.1. The minimum Gasteiger partial charge on any atom is -0.865 e. The molecule has 0 saturated carbocycles. The maximum atomic E-state index is 12.1. The Morgan fingerprint density at radius 3 is 2.26 bits per heavy atom. The number of nitrogens with zero attached hydrogens (tertiary/aromatic N) is 3. The van der Waals surface area contributed by atoms with Crippen LogP contribution in [0.5, 0.6) is 0 Å². The van der Waals surface area contributed by atoms with E-state index in [9.17, 15) is 19.5 Å². The molecule has 122 valence electrons. The molecule has 10 heteroatoms. The normalized spacial score (nSPS) is 12.0. The van der Waals surface area contributed by atoms with Crippen LogP contribution in [0, 0.1) is 0 Å². The maximum absolute atomic E-state index is 12.1. The molecule has 2 aromatic rings. The summed E-state index contributed by atoms with van der Waals surface area (Å²) in [5, 5.41) is 11.9. The molecule has 0 unspecified atom stereocenters. The number of carbonyl (C=O) groups excluding carboxylic acids is 3. The van der Waals surface area contributed by atoms with Crippen LogP contribution >= 0.6 is 0 Å². The zero-order valence-corrected chi connectivity index (χ0v) is 12.8. The van der Waals surface area contributed by atoms with Crippen molar-refractivity contribution in [2.24, 2.45) is 7.05 Å². The Labute approximate surface area is 129 Å². The molecule has 0 bridgehead atoms. The highest BCUT2D eigenvalue weighted by molar-refractivity contribution is 6.06. The van der Waals surface area contributed by atoms with E-state index in [0.29, 0.717) is 0 Å². The van der Waals surface area contributed by atoms with Crippen LogP contribution in [-0.4, -0.2) is 48.6 Å². The van der Waals surface area contributed by atoms with E-state index in [4.69, 9.17) is 0 Å². The number of ether oxygens (including phenoxy) is 3. The second-order valence-electron chi connectivity index (χ2n) is 4.38. The number of hydrogen-bond donors (Lipinski definition) is 0. The fourth-order valence-corrected chi connectivity index (χ4v) is 2.08. The van der Waals surface area contributed by atoms with E-state index in [1.54, 1.807) is 0 Å². The Balaban J connectivity index is 2.93. The van der Waals surface area contributed by atoms with Gasteiger partial charge in [0.15, 0.2) is 5.35 Å². The molecule has 23 heavy (non-hydrogen) atoms. The Hall–Kier alpha value is -3.17. The third-order valence-corrected chi connectivity index (χ3v) is 3.11. The molecule has 0 spiro atoms. The van der Waals surface area contributed by atoms with Gasteiger partial charge in [-0.05, 0) is 0 Å². The molecule has 0 aliphatic rings. The van der Waals surface area contributed by atoms with Crippen molar-refractivity contribution in [3.63, 3.8) is 0 Å². The van der Waals surface area contributed by atoms with Crippen LogP contribution in [0.15, 0.2) is 6.33 Å². The smallest absolute Gasteiger partial charge is 0.381 e. The van der Waals surface area contributed by atoms with Crippen LogP contribution in [0.1, 0.15) is 21.0 Å². The van der Waals surface area contributed by atoms with E-state index in [0.717, 1.165) is 21.3 Å². The van der Waals surface area contributed by atoms with Crippen LogP contribution in [-0.2, 0) is 26.1 Å². The van der Waals surface area contributed by atoms with Crippen molar-refractivity contribution >= 4 is 29.3 Å². The molecule has 10 nitrogen and oxygen atoms in total. The zero-order chi connectivity index (χ0) is 17.3. The quantitative estimate of drug-likeness (QED) is 0.335. The molecule has 0 aromatic carbocycles. The number of hydrogen-bond acceptors (Lipinski definition) is 8. The average Bonchev–Trinajstić information content (AvgIpc) is 3.06. The van der Waals surface area contributed by atoms with Gasteiger partial charge in [0.2, 0.25) is 5.69 Å². The molecule has 2 aromatic heterocycles. The Morgan fingerprint density at radius 1 is 1.13 bits per heavy atom. The van der Waals surface area contributed by atoms with Crippen molar-refractivity contribution in [1.29, 1.82) is 0 Å². The summed E-state index contributed by atoms with van der Waals surface area (Å²) in [5.41, 5.74) is -0.605. The van der Waals surface area contributed by atoms with Gasteiger partial charge in [-0.3, -0.25) is 0 Å². The van der Waals surface area contributed by atoms with E-state index < -0.39 is 23.7 Å². The molecule has 0 atom stereocenters. The number of aromatic nitrogens is 3. The number of imidazole rings is 2. The molecule has 0 aliphatic heterocycles. The zero-order valence-electron chi connectivity index (χ0n) is 12.8. The first-order valence-electron chi connectivity index (χ1n) is 6.24. The van der Waals surface area contributed by atoms with Crippen molar-refractivity contribution in [3.05, 3.63) is 23.1 Å². The first kappa shape index (κ1) is 16.2. The fourth-order valence-electron chi connectivity index (χ4n) is 2.08. The summed E-state index contributed by atoms with van der Waals surface area (Å²) in [6, 6.07) is 0. The molecule has 0 amide bonds. The van der Waals surface area contributed by atoms with Gasteiger partial charge in [-0.1, -0.05) is 0 Å². The Morgan fingerprint density at radius 2 is 1.74 bits per heavy atom. The number of carbonyl (C=O) groups is 3. The topological polar surface area (TPSA) is 123 Å². The predicted octanol–water partition coefficient (Wildman–Crippen LogP) is -2.91. The molecular formula is C13H13N3O7. The van der Waals surface area contributed by atoms with Crippen LogP contribution in [0.3, 0.4) is 0 Å². The largest absolute Gasteiger partial charge is 0.865 e. The summed E-state index contributed by atoms with van der Waals surface area (Å²) < 4.78 is 16.0. The van der Waals surface area contributed by atoms with Crippen molar-refractivity contribution in [3.8, 4) is 0 Å². The van der Waals surface area contributed by atoms with Gasteiger partial charge in [0.05, 0.1) is 28.4 Å². The van der Waals surface area contributed by atoms with Gasteiger partial charge >= 0.3 is 17.9 Å². The van der Waals surface area contributed by atoms with Gasteiger partial charge < -0.3 is 19.3 Å². The summed E-state index contributed by atoms with van der Waals surface area (Å²) in [5.74, 6) is -3.80. The second kappa shape index (κ2) is 5.91. The molecule has 0 saturated heterocycles. The number of methoxy groups -OCH3 is 3. The summed E-state index contributed by atoms with van der Waals surface area (Å²) >= 11 is 0. The summed E-state index contributed by atoms with van der Waals surface area (Å²) in [6.07, 6.45) is 1.32. The van der Waals surface area contributed by atoms with Gasteiger partial charge in [0.25, 0.3) is 17.7 Å². The minimum absolute atomic E-state index is 0.0660. The van der Waals surface area contributed by atoms with E-state index in [1.165, 1.54) is 22.3 Å². The number of esters is 3. The molecule has 0 aliphatic carbocycles. The summed E-state index contributed by atoms with van der Waals surface area (Å²) in [7, 11) is 4.79. The van der Waals surface area contributed by atoms with E-state index in [-0.39, 0.29) is 22.4 Å². The monoisotopic (exact) mass is 323 g/mol. The molecule has 0 radical (unpaired) electrons. The average molecular weight is 323 g/mol. The molecule has 2 rings (SSSR count). The van der Waals surface area contributed by atoms with Gasteiger partial charge in [-0.15, -0.1) is 0 Å². The maximum Gasteiger partial charge on any atom is 0.381 e. The van der Waals surface area contributed by atoms with Crippen molar-refractivity contribution in [1.82, 2.24) is 9.38 Å². The lowest BCUT2D eigenvalue weighted by atomic mass is 10.3. The third-order valence-electron chi connectivity index (χ3n) is 3.11. The van der Waals surface area contributed by atoms with Gasteiger partial charge in [0.1, 0.15) is 0 Å². The van der Waals surface area contributed by atoms with Crippen LogP contribution < -0.4 is 15.0 Å². The number of fused-ring (bicyclic) bond motifs is 1. The standard InChI is InChI=1S/C13H13N3O7/c1-15-5-16-7(12(19)22-3)6(11(18)21-2)14-10(16)8(15)9(17)13(20)23-4/h5H,1-4H3. The molecule has 0 fully saturated rings. The van der Waals surface area contributed by atoms with Crippen LogP contribution in [0.2, 0.25) is 0 Å². The number of aryl methyl sites for hydroxylation is 1. The van der Waals surface area contributed by atoms with Crippen molar-refractivity contribution in [2.75, 3.05) is 21.3 Å². The Kier molecular flexibility index (Phi) is 4.16. The SMILES string of the molecule is COC(=O)/C([O-])=c1/c2nc(C(=O)OC)c(C(=O)OC)n2c[n+]1C. The van der Waals surface area contributed by atoms with Crippen LogP contribution in [0.4, 0.5) is 0 Å². The minimum atomic E-state index is -1.10. The predicted molar refractivity (Wildman–Crippen MR) is 69.7 cm³/mol. The lowest BCUT2D eigenvalue weighted by Crippen LogP contribution is -2.48. The van der Waals surface area contributed by atoms with Crippen molar-refractivity contribution in [2.45, 2.75) is 0 Å². The van der Waals surface area contributed by atoms with E-state index in [2.05, 4.69) is 19.2 Å². The number of rotatable bonds is 3. The highest BCUT2D eigenvalue weighted by Gasteiger charge is 2.33. The lowest BCUT2D eigenvalue weighted by Gasteiger charge is -2.05. The summed E-state index contributed by atoms with van der Waals surface area (Å²) in [6.45, 7) is 0. The lowest BCUT2D eigenvalue weighted by molar-refractivity contribution is -0.684. The highest BCUT2D eigenvalue weighted by Crippen LogP contribution is 2.12. The highest BCUT2D eigenvalue weighted by atomic mass is 16.5. The molecule has 2 heterocycles.